The van der Waals surface area contributed by atoms with E-state index in [2.05, 4.69) is 126 Å². The van der Waals surface area contributed by atoms with Gasteiger partial charge in [0.15, 0.2) is 0 Å². The van der Waals surface area contributed by atoms with E-state index in [1.54, 1.807) is 0 Å². The van der Waals surface area contributed by atoms with E-state index in [-0.39, 0.29) is 0 Å². The summed E-state index contributed by atoms with van der Waals surface area (Å²) in [6, 6.07) is 32.7. The summed E-state index contributed by atoms with van der Waals surface area (Å²) >= 11 is 0. The number of aliphatic imine (C=N–C) groups is 1. The minimum atomic E-state index is -0.719. The molecule has 1 N–H and O–H groups in total. The van der Waals surface area contributed by atoms with Crippen molar-refractivity contribution in [3.05, 3.63) is 124 Å². The summed E-state index contributed by atoms with van der Waals surface area (Å²) < 4.78 is 0. The van der Waals surface area contributed by atoms with Gasteiger partial charge in [-0.05, 0) is 73.7 Å². The fourth-order valence-electron chi connectivity index (χ4n) is 6.18. The van der Waals surface area contributed by atoms with Crippen LogP contribution in [0.5, 0.6) is 5.75 Å². The maximum atomic E-state index is 11.7. The molecule has 200 valence electrons. The van der Waals surface area contributed by atoms with Crippen LogP contribution >= 0.6 is 7.92 Å². The summed E-state index contributed by atoms with van der Waals surface area (Å²) in [7, 11) is -0.719. The summed E-state index contributed by atoms with van der Waals surface area (Å²) in [5.74, 6) is 1.10. The number of aryl methyl sites for hydroxylation is 2. The number of benzene rings is 4. The molecular formula is C36H40NOP. The smallest absolute Gasteiger partial charge is 0.123 e. The molecule has 4 aromatic rings. The highest BCUT2D eigenvalue weighted by Gasteiger charge is 2.50. The van der Waals surface area contributed by atoms with Gasteiger partial charge in [-0.15, -0.1) is 0 Å². The number of nitrogens with zero attached hydrogens (tertiary/aromatic N) is 1. The van der Waals surface area contributed by atoms with Crippen LogP contribution in [0.25, 0.3) is 0 Å². The molecule has 3 heteroatoms. The highest BCUT2D eigenvalue weighted by molar-refractivity contribution is 7.82. The van der Waals surface area contributed by atoms with E-state index in [9.17, 15) is 5.11 Å². The average Bonchev–Trinajstić information content (AvgIpc) is 3.31. The molecule has 2 unspecified atom stereocenters. The largest absolute Gasteiger partial charge is 0.507 e. The van der Waals surface area contributed by atoms with Crippen LogP contribution in [0.15, 0.2) is 96.0 Å². The molecule has 0 spiro atoms. The molecule has 1 aliphatic heterocycles. The minimum Gasteiger partial charge on any atom is -0.507 e. The van der Waals surface area contributed by atoms with Crippen LogP contribution in [0.2, 0.25) is 0 Å². The molecule has 2 nitrogen and oxygen atoms in total. The molecule has 4 aromatic carbocycles. The first-order chi connectivity index (χ1) is 18.7. The monoisotopic (exact) mass is 533 g/mol. The zero-order chi connectivity index (χ0) is 27.7. The molecule has 0 amide bonds. The van der Waals surface area contributed by atoms with E-state index in [1.165, 1.54) is 27.4 Å². The van der Waals surface area contributed by atoms with E-state index >= 15 is 0 Å². The van der Waals surface area contributed by atoms with E-state index in [4.69, 9.17) is 4.99 Å². The van der Waals surface area contributed by atoms with Crippen molar-refractivity contribution in [2.24, 2.45) is 4.99 Å². The van der Waals surface area contributed by atoms with Gasteiger partial charge in [0.25, 0.3) is 0 Å². The first-order valence-electron chi connectivity index (χ1n) is 14.1. The van der Waals surface area contributed by atoms with Crippen LogP contribution in [-0.2, 0) is 5.41 Å². The molecule has 0 aliphatic carbocycles. The summed E-state index contributed by atoms with van der Waals surface area (Å²) in [6.45, 7) is 13.2. The second-order valence-corrected chi connectivity index (χ2v) is 13.8. The van der Waals surface area contributed by atoms with Crippen molar-refractivity contribution in [1.29, 1.82) is 0 Å². The summed E-state index contributed by atoms with van der Waals surface area (Å²) in [5.41, 5.74) is 8.65. The normalized spacial score (nSPS) is 20.3. The average molecular weight is 534 g/mol. The first-order valence-corrected chi connectivity index (χ1v) is 15.7. The Hall–Kier alpha value is -3.22. The molecule has 1 heterocycles. The summed E-state index contributed by atoms with van der Waals surface area (Å²) in [4.78, 5) is 5.80. The van der Waals surface area contributed by atoms with Gasteiger partial charge in [0.2, 0.25) is 0 Å². The highest BCUT2D eigenvalue weighted by atomic mass is 31.1. The minimum absolute atomic E-state index is 0.355. The lowest BCUT2D eigenvalue weighted by molar-refractivity contribution is 0.454. The number of hydrogen-bond acceptors (Lipinski definition) is 2. The Kier molecular flexibility index (Phi) is 7.79. The second kappa shape index (κ2) is 11.1. The maximum Gasteiger partial charge on any atom is 0.123 e. The van der Waals surface area contributed by atoms with Crippen LogP contribution in [-0.4, -0.2) is 16.7 Å². The van der Waals surface area contributed by atoms with Gasteiger partial charge in [-0.3, -0.25) is 4.99 Å². The van der Waals surface area contributed by atoms with Gasteiger partial charge >= 0.3 is 0 Å². The zero-order valence-corrected chi connectivity index (χ0v) is 25.0. The van der Waals surface area contributed by atoms with Gasteiger partial charge in [-0.25, -0.2) is 0 Å². The molecule has 2 atom stereocenters. The van der Waals surface area contributed by atoms with Crippen LogP contribution < -0.4 is 5.30 Å². The molecule has 5 rings (SSSR count). The van der Waals surface area contributed by atoms with Crippen molar-refractivity contribution in [3.63, 3.8) is 0 Å². The molecule has 0 bridgehead atoms. The van der Waals surface area contributed by atoms with E-state index in [0.717, 1.165) is 35.0 Å². The quantitative estimate of drug-likeness (QED) is 0.246. The lowest BCUT2D eigenvalue weighted by Crippen LogP contribution is -2.33. The van der Waals surface area contributed by atoms with Crippen LogP contribution in [0.4, 0.5) is 5.69 Å². The van der Waals surface area contributed by atoms with Crippen molar-refractivity contribution in [2.75, 3.05) is 6.16 Å². The zero-order valence-electron chi connectivity index (χ0n) is 24.1. The Morgan fingerprint density at radius 2 is 1.36 bits per heavy atom. The van der Waals surface area contributed by atoms with Gasteiger partial charge in [0.05, 0.1) is 16.6 Å². The lowest BCUT2D eigenvalue weighted by Gasteiger charge is -2.34. The number of phenolic OH excluding ortho intramolecular Hbond substituents is 1. The van der Waals surface area contributed by atoms with Crippen LogP contribution in [0.3, 0.4) is 0 Å². The number of phenols is 1. The van der Waals surface area contributed by atoms with Gasteiger partial charge in [0, 0.05) is 5.56 Å². The van der Waals surface area contributed by atoms with E-state index < -0.39 is 13.3 Å². The molecule has 1 saturated heterocycles. The number of aromatic hydroxyl groups is 1. The third-order valence-electron chi connectivity index (χ3n) is 8.15. The summed E-state index contributed by atoms with van der Waals surface area (Å²) in [6.07, 6.45) is 1.94. The second-order valence-electron chi connectivity index (χ2n) is 11.5. The molecule has 1 aliphatic rings. The Morgan fingerprint density at radius 1 is 0.769 bits per heavy atom. The van der Waals surface area contributed by atoms with Gasteiger partial charge < -0.3 is 5.11 Å². The van der Waals surface area contributed by atoms with Crippen molar-refractivity contribution in [2.45, 2.75) is 65.2 Å². The SMILES string of the molecule is Cc1cc(C)c(O)c(C2(c3ccccc3)CCP(c3ccccc3)C2=Nc2c(C(C)C)cccc2C(C)C)c1. The van der Waals surface area contributed by atoms with Crippen LogP contribution in [0, 0.1) is 13.8 Å². The Balaban J connectivity index is 1.91. The molecule has 39 heavy (non-hydrogen) atoms. The number of hydrogen-bond donors (Lipinski definition) is 1. The standard InChI is InChI=1S/C36H40NOP/c1-24(2)30-18-13-19-31(25(3)4)33(30)37-35-36(28-14-9-7-10-15-28,32-23-26(5)22-27(6)34(32)38)20-21-39(35)29-16-11-8-12-17-29/h7-19,22-25,38H,20-21H2,1-6H3. The molecule has 0 radical (unpaired) electrons. The van der Waals surface area contributed by atoms with Gasteiger partial charge in [-0.2, -0.15) is 0 Å². The van der Waals surface area contributed by atoms with Crippen molar-refractivity contribution >= 4 is 24.4 Å². The first kappa shape index (κ1) is 27.4. The molecular weight excluding hydrogens is 493 g/mol. The fraction of sp³-hybridized carbons (Fsp3) is 0.306. The Labute approximate surface area is 235 Å². The van der Waals surface area contributed by atoms with Crippen LogP contribution in [0.1, 0.15) is 79.3 Å². The highest BCUT2D eigenvalue weighted by Crippen LogP contribution is 2.60. The Morgan fingerprint density at radius 3 is 1.95 bits per heavy atom. The third kappa shape index (κ3) is 4.96. The molecule has 0 aromatic heterocycles. The fourth-order valence-corrected chi connectivity index (χ4v) is 9.03. The number of para-hydroxylation sites is 1. The van der Waals surface area contributed by atoms with E-state index in [1.807, 2.05) is 6.92 Å². The van der Waals surface area contributed by atoms with E-state index in [0.29, 0.717) is 17.6 Å². The van der Waals surface area contributed by atoms with Crippen molar-refractivity contribution < 1.29 is 5.11 Å². The molecule has 1 fully saturated rings. The summed E-state index contributed by atoms with van der Waals surface area (Å²) in [5, 5.41) is 13.0. The predicted octanol–water partition coefficient (Wildman–Crippen LogP) is 9.48. The third-order valence-corrected chi connectivity index (χ3v) is 10.7. The molecule has 0 saturated carbocycles. The predicted molar refractivity (Wildman–Crippen MR) is 169 cm³/mol. The van der Waals surface area contributed by atoms with Gasteiger partial charge in [0.1, 0.15) is 5.75 Å². The Bertz CT molecular complexity index is 1460. The maximum absolute atomic E-state index is 11.7. The van der Waals surface area contributed by atoms with Gasteiger partial charge in [-0.1, -0.05) is 124 Å². The lowest BCUT2D eigenvalue weighted by atomic mass is 9.72. The van der Waals surface area contributed by atoms with Crippen molar-refractivity contribution in [3.8, 4) is 5.75 Å². The topological polar surface area (TPSA) is 32.6 Å². The van der Waals surface area contributed by atoms with Crippen molar-refractivity contribution in [1.82, 2.24) is 0 Å². The number of rotatable bonds is 6.